The molecule has 0 unspecified atom stereocenters. The van der Waals surface area contributed by atoms with Crippen molar-refractivity contribution in [1.82, 2.24) is 9.13 Å². The first kappa shape index (κ1) is 17.7. The second-order valence-electron chi connectivity index (χ2n) is 4.89. The quantitative estimate of drug-likeness (QED) is 0.720. The number of rotatable bonds is 5. The Morgan fingerprint density at radius 1 is 1.38 bits per heavy atom. The molecule has 8 heteroatoms. The summed E-state index contributed by atoms with van der Waals surface area (Å²) in [4.78, 5) is 36.8. The Balaban J connectivity index is 2.46. The van der Waals surface area contributed by atoms with Gasteiger partial charge >= 0.3 is 5.69 Å². The zero-order chi connectivity index (χ0) is 17.9. The second kappa shape index (κ2) is 7.27. The summed E-state index contributed by atoms with van der Waals surface area (Å²) in [6.07, 6.45) is 1.20. The van der Waals surface area contributed by atoms with Crippen LogP contribution in [-0.2, 0) is 13.1 Å². The number of ether oxygens (including phenoxy) is 1. The minimum atomic E-state index is -0.770. The maximum Gasteiger partial charge on any atom is 0.331 e. The van der Waals surface area contributed by atoms with Gasteiger partial charge < -0.3 is 4.74 Å². The van der Waals surface area contributed by atoms with Crippen LogP contribution in [0.15, 0.2) is 38.5 Å². The smallest absolute Gasteiger partial charge is 0.331 e. The number of halogens is 1. The summed E-state index contributed by atoms with van der Waals surface area (Å²) in [5.41, 5.74) is -1.25. The van der Waals surface area contributed by atoms with E-state index in [-0.39, 0.29) is 12.1 Å². The first-order valence-electron chi connectivity index (χ1n) is 7.04. The Morgan fingerprint density at radius 2 is 2.08 bits per heavy atom. The molecule has 0 fully saturated rings. The van der Waals surface area contributed by atoms with Gasteiger partial charge in [-0.1, -0.05) is 0 Å². The fourth-order valence-corrected chi connectivity index (χ4v) is 2.71. The third kappa shape index (κ3) is 3.31. The van der Waals surface area contributed by atoms with E-state index in [1.165, 1.54) is 17.9 Å². The van der Waals surface area contributed by atoms with Crippen molar-refractivity contribution in [2.75, 3.05) is 7.11 Å². The van der Waals surface area contributed by atoms with Gasteiger partial charge in [-0.15, -0.1) is 0 Å². The lowest BCUT2D eigenvalue weighted by Crippen LogP contribution is -2.42. The van der Waals surface area contributed by atoms with Gasteiger partial charge in [0.25, 0.3) is 5.56 Å². The maximum atomic E-state index is 12.4. The lowest BCUT2D eigenvalue weighted by atomic mass is 10.1. The number of hydrogen-bond acceptors (Lipinski definition) is 5. The Bertz CT molecular complexity index is 953. The molecule has 2 aromatic rings. The number of nitrogens with zero attached hydrogens (tertiary/aromatic N) is 3. The number of carbonyl (C=O) groups is 1. The summed E-state index contributed by atoms with van der Waals surface area (Å²) in [5.74, 6) is 0.138. The Labute approximate surface area is 145 Å². The third-order valence-corrected chi connectivity index (χ3v) is 4.09. The predicted octanol–water partition coefficient (Wildman–Crippen LogP) is 1.56. The van der Waals surface area contributed by atoms with Crippen LogP contribution >= 0.6 is 15.9 Å². The molecule has 0 aliphatic carbocycles. The number of ketones is 1. The van der Waals surface area contributed by atoms with E-state index in [2.05, 4.69) is 15.9 Å². The van der Waals surface area contributed by atoms with Crippen molar-refractivity contribution >= 4 is 21.7 Å². The van der Waals surface area contributed by atoms with Gasteiger partial charge in [0.05, 0.1) is 18.1 Å². The van der Waals surface area contributed by atoms with Crippen LogP contribution in [0.5, 0.6) is 5.75 Å². The maximum absolute atomic E-state index is 12.4. The van der Waals surface area contributed by atoms with Crippen LogP contribution in [0.2, 0.25) is 0 Å². The highest BCUT2D eigenvalue weighted by Gasteiger charge is 2.16. The first-order valence-corrected chi connectivity index (χ1v) is 7.83. The lowest BCUT2D eigenvalue weighted by Gasteiger charge is -2.10. The van der Waals surface area contributed by atoms with Crippen LogP contribution in [0.3, 0.4) is 0 Å². The average molecular weight is 392 g/mol. The van der Waals surface area contributed by atoms with Crippen LogP contribution in [0.25, 0.3) is 0 Å². The molecule has 0 amide bonds. The zero-order valence-corrected chi connectivity index (χ0v) is 14.7. The highest BCUT2D eigenvalue weighted by Crippen LogP contribution is 2.25. The van der Waals surface area contributed by atoms with Crippen LogP contribution in [0.1, 0.15) is 22.8 Å². The van der Waals surface area contributed by atoms with Crippen molar-refractivity contribution in [2.45, 2.75) is 20.0 Å². The van der Waals surface area contributed by atoms with Crippen LogP contribution in [0, 0.1) is 11.3 Å². The average Bonchev–Trinajstić information content (AvgIpc) is 2.58. The van der Waals surface area contributed by atoms with E-state index in [4.69, 9.17) is 10.00 Å². The van der Waals surface area contributed by atoms with Crippen molar-refractivity contribution in [3.8, 4) is 11.8 Å². The predicted molar refractivity (Wildman–Crippen MR) is 90.4 cm³/mol. The molecule has 0 spiro atoms. The van der Waals surface area contributed by atoms with E-state index >= 15 is 0 Å². The number of nitriles is 1. The number of benzene rings is 1. The summed E-state index contributed by atoms with van der Waals surface area (Å²) in [7, 11) is 1.50. The molecule has 0 bridgehead atoms. The molecule has 0 atom stereocenters. The van der Waals surface area contributed by atoms with Gasteiger partial charge in [0, 0.05) is 18.3 Å². The lowest BCUT2D eigenvalue weighted by molar-refractivity contribution is 0.0968. The number of methoxy groups -OCH3 is 1. The molecule has 0 aliphatic rings. The standard InChI is InChI=1S/C16H14BrN3O4/c1-3-19-8-11(7-18)15(22)20(16(19)23)9-13(21)10-4-5-14(24-2)12(17)6-10/h4-6,8H,3,9H2,1-2H3. The van der Waals surface area contributed by atoms with Crippen LogP contribution in [0.4, 0.5) is 0 Å². The monoisotopic (exact) mass is 391 g/mol. The number of carbonyl (C=O) groups excluding carboxylic acids is 1. The van der Waals surface area contributed by atoms with E-state index in [0.717, 1.165) is 4.57 Å². The molecule has 0 aliphatic heterocycles. The third-order valence-electron chi connectivity index (χ3n) is 3.47. The van der Waals surface area contributed by atoms with Gasteiger partial charge in [0.1, 0.15) is 17.4 Å². The minimum Gasteiger partial charge on any atom is -0.496 e. The van der Waals surface area contributed by atoms with E-state index in [9.17, 15) is 14.4 Å². The molecule has 1 aromatic heterocycles. The highest BCUT2D eigenvalue weighted by atomic mass is 79.9. The number of hydrogen-bond donors (Lipinski definition) is 0. The minimum absolute atomic E-state index is 0.180. The molecule has 2 rings (SSSR count). The summed E-state index contributed by atoms with van der Waals surface area (Å²) >= 11 is 3.28. The molecule has 0 radical (unpaired) electrons. The molecule has 0 N–H and O–H groups in total. The molecule has 1 heterocycles. The molecule has 24 heavy (non-hydrogen) atoms. The van der Waals surface area contributed by atoms with E-state index < -0.39 is 23.6 Å². The SMILES string of the molecule is CCn1cc(C#N)c(=O)n(CC(=O)c2ccc(OC)c(Br)c2)c1=O. The fraction of sp³-hybridized carbons (Fsp3) is 0.250. The van der Waals surface area contributed by atoms with Crippen LogP contribution in [-0.4, -0.2) is 22.0 Å². The number of Topliss-reactive ketones (excluding diaryl/α,β-unsaturated/α-hetero) is 1. The van der Waals surface area contributed by atoms with E-state index in [1.807, 2.05) is 0 Å². The Hall–Kier alpha value is -2.66. The molecule has 124 valence electrons. The summed E-state index contributed by atoms with van der Waals surface area (Å²) in [6, 6.07) is 6.45. The molecular formula is C16H14BrN3O4. The highest BCUT2D eigenvalue weighted by molar-refractivity contribution is 9.10. The Kier molecular flexibility index (Phi) is 5.36. The fourth-order valence-electron chi connectivity index (χ4n) is 2.17. The van der Waals surface area contributed by atoms with E-state index in [1.54, 1.807) is 31.2 Å². The van der Waals surface area contributed by atoms with Crippen molar-refractivity contribution in [3.05, 3.63) is 60.8 Å². The topological polar surface area (TPSA) is 94.1 Å². The largest absolute Gasteiger partial charge is 0.496 e. The number of aryl methyl sites for hydroxylation is 1. The van der Waals surface area contributed by atoms with Crippen molar-refractivity contribution in [3.63, 3.8) is 0 Å². The van der Waals surface area contributed by atoms with Crippen molar-refractivity contribution in [2.24, 2.45) is 0 Å². The van der Waals surface area contributed by atoms with Gasteiger partial charge in [-0.3, -0.25) is 18.7 Å². The van der Waals surface area contributed by atoms with Crippen molar-refractivity contribution < 1.29 is 9.53 Å². The normalized spacial score (nSPS) is 10.2. The van der Waals surface area contributed by atoms with Gasteiger partial charge in [-0.2, -0.15) is 5.26 Å². The number of aromatic nitrogens is 2. The molecular weight excluding hydrogens is 378 g/mol. The zero-order valence-electron chi connectivity index (χ0n) is 13.1. The van der Waals surface area contributed by atoms with E-state index in [0.29, 0.717) is 15.8 Å². The summed E-state index contributed by atoms with van der Waals surface area (Å²) < 4.78 is 7.68. The molecule has 0 saturated heterocycles. The van der Waals surface area contributed by atoms with Crippen molar-refractivity contribution in [1.29, 1.82) is 5.26 Å². The Morgan fingerprint density at radius 3 is 2.62 bits per heavy atom. The van der Waals surface area contributed by atoms with Gasteiger partial charge in [0.2, 0.25) is 0 Å². The second-order valence-corrected chi connectivity index (χ2v) is 5.74. The van der Waals surface area contributed by atoms with Crippen LogP contribution < -0.4 is 16.0 Å². The van der Waals surface area contributed by atoms with Gasteiger partial charge in [-0.25, -0.2) is 4.79 Å². The van der Waals surface area contributed by atoms with Gasteiger partial charge in [-0.05, 0) is 41.1 Å². The molecule has 1 aromatic carbocycles. The van der Waals surface area contributed by atoms with Gasteiger partial charge in [0.15, 0.2) is 5.78 Å². The molecule has 7 nitrogen and oxygen atoms in total. The summed E-state index contributed by atoms with van der Waals surface area (Å²) in [6.45, 7) is 1.56. The molecule has 0 saturated carbocycles. The first-order chi connectivity index (χ1) is 11.4. The summed E-state index contributed by atoms with van der Waals surface area (Å²) in [5, 5.41) is 9.02.